The van der Waals surface area contributed by atoms with Crippen LogP contribution in [0.15, 0.2) is 155 Å². The number of nitrogens with one attached hydrogen (secondary N) is 2. The number of para-hydroxylation sites is 2. The van der Waals surface area contributed by atoms with Gasteiger partial charge in [-0.05, 0) is 54.1 Å². The molecule has 210 valence electrons. The van der Waals surface area contributed by atoms with Crippen LogP contribution in [0.2, 0.25) is 0 Å². The van der Waals surface area contributed by atoms with Gasteiger partial charge < -0.3 is 14.3 Å². The van der Waals surface area contributed by atoms with Crippen LogP contribution in [0.4, 0.5) is 0 Å². The summed E-state index contributed by atoms with van der Waals surface area (Å²) >= 11 is 0. The largest absolute Gasteiger partial charge is 0.456 e. The maximum atomic E-state index is 8.70. The molecule has 0 aliphatic carbocycles. The summed E-state index contributed by atoms with van der Waals surface area (Å²) in [5.41, 5.74) is 7.92. The zero-order valence-electron chi connectivity index (χ0n) is 23.9. The van der Waals surface area contributed by atoms with Crippen molar-refractivity contribution in [1.82, 2.24) is 9.88 Å². The molecule has 44 heavy (non-hydrogen) atoms. The average molecular weight is 569 g/mol. The SMILES string of the molecule is N=C(N=C(NCc1ccccc1)c1ccc(-n2c3ccccc3c3cc4oc5ccccc5c4cc32)cc1)c1ccccc1. The molecule has 0 unspecified atom stereocenters. The number of hydrogen-bond donors (Lipinski definition) is 2. The molecule has 0 fully saturated rings. The van der Waals surface area contributed by atoms with Crippen molar-refractivity contribution in [1.29, 1.82) is 5.41 Å². The minimum Gasteiger partial charge on any atom is -0.456 e. The molecule has 0 saturated heterocycles. The monoisotopic (exact) mass is 568 g/mol. The number of furan rings is 1. The van der Waals surface area contributed by atoms with Crippen LogP contribution in [-0.4, -0.2) is 16.2 Å². The van der Waals surface area contributed by atoms with Gasteiger partial charge in [0.05, 0.1) is 11.0 Å². The van der Waals surface area contributed by atoms with Gasteiger partial charge in [-0.25, -0.2) is 4.99 Å². The Morgan fingerprint density at radius 2 is 1.27 bits per heavy atom. The van der Waals surface area contributed by atoms with E-state index in [1.165, 1.54) is 5.39 Å². The first-order valence-electron chi connectivity index (χ1n) is 14.7. The first-order chi connectivity index (χ1) is 21.7. The Hall–Kier alpha value is -5.94. The molecule has 0 aliphatic rings. The Balaban J connectivity index is 1.23. The highest BCUT2D eigenvalue weighted by molar-refractivity contribution is 6.17. The Morgan fingerprint density at radius 3 is 2.07 bits per heavy atom. The zero-order chi connectivity index (χ0) is 29.5. The number of hydrogen-bond acceptors (Lipinski definition) is 2. The molecule has 5 nitrogen and oxygen atoms in total. The molecule has 0 saturated carbocycles. The molecular formula is C39H28N4O. The van der Waals surface area contributed by atoms with Gasteiger partial charge in [-0.2, -0.15) is 0 Å². The first-order valence-corrected chi connectivity index (χ1v) is 14.7. The van der Waals surface area contributed by atoms with Gasteiger partial charge in [0.1, 0.15) is 17.0 Å². The van der Waals surface area contributed by atoms with Crippen LogP contribution in [0, 0.1) is 5.41 Å². The van der Waals surface area contributed by atoms with Gasteiger partial charge in [0, 0.05) is 44.9 Å². The molecule has 2 heterocycles. The van der Waals surface area contributed by atoms with Crippen molar-refractivity contribution in [3.8, 4) is 5.69 Å². The standard InChI is InChI=1S/C39H28N4O/c40-38(27-13-5-2-6-14-27)42-39(41-25-26-11-3-1-4-12-26)28-19-21-29(22-20-28)43-34-17-9-7-15-30(34)32-24-37-33(23-35(32)43)31-16-8-10-18-36(31)44-37/h1-24H,25H2,(H2,40,41,42). The van der Waals surface area contributed by atoms with Crippen LogP contribution in [0.3, 0.4) is 0 Å². The molecule has 0 bridgehead atoms. The van der Waals surface area contributed by atoms with Crippen LogP contribution in [0.1, 0.15) is 16.7 Å². The fraction of sp³-hybridized carbons (Fsp3) is 0.0256. The van der Waals surface area contributed by atoms with E-state index in [4.69, 9.17) is 14.8 Å². The highest BCUT2D eigenvalue weighted by Gasteiger charge is 2.16. The smallest absolute Gasteiger partial charge is 0.154 e. The van der Waals surface area contributed by atoms with Gasteiger partial charge in [-0.15, -0.1) is 0 Å². The summed E-state index contributed by atoms with van der Waals surface area (Å²) in [6.07, 6.45) is 0. The molecule has 2 aromatic heterocycles. The second-order valence-corrected chi connectivity index (χ2v) is 10.9. The Kier molecular flexibility index (Phi) is 6.27. The van der Waals surface area contributed by atoms with Gasteiger partial charge in [-0.1, -0.05) is 97.1 Å². The van der Waals surface area contributed by atoms with Crippen molar-refractivity contribution in [2.24, 2.45) is 4.99 Å². The van der Waals surface area contributed by atoms with Crippen molar-refractivity contribution in [3.05, 3.63) is 162 Å². The number of benzene rings is 6. The molecule has 0 aliphatic heterocycles. The molecule has 8 aromatic rings. The number of rotatable bonds is 5. The summed E-state index contributed by atoms with van der Waals surface area (Å²) in [5, 5.41) is 16.7. The molecule has 0 radical (unpaired) electrons. The van der Waals surface area contributed by atoms with E-state index in [9.17, 15) is 0 Å². The van der Waals surface area contributed by atoms with E-state index in [-0.39, 0.29) is 5.84 Å². The van der Waals surface area contributed by atoms with Crippen molar-refractivity contribution in [2.45, 2.75) is 6.54 Å². The normalized spacial score (nSPS) is 12.0. The van der Waals surface area contributed by atoms with Crippen molar-refractivity contribution >= 4 is 55.4 Å². The van der Waals surface area contributed by atoms with Crippen molar-refractivity contribution in [3.63, 3.8) is 0 Å². The van der Waals surface area contributed by atoms with Gasteiger partial charge in [0.25, 0.3) is 0 Å². The topological polar surface area (TPSA) is 66.3 Å². The van der Waals surface area contributed by atoms with Crippen LogP contribution < -0.4 is 5.32 Å². The van der Waals surface area contributed by atoms with Crippen LogP contribution in [0.5, 0.6) is 0 Å². The number of aromatic nitrogens is 1. The number of aliphatic imine (C=N–C) groups is 1. The van der Waals surface area contributed by atoms with Gasteiger partial charge >= 0.3 is 0 Å². The highest BCUT2D eigenvalue weighted by Crippen LogP contribution is 2.38. The fourth-order valence-corrected chi connectivity index (χ4v) is 5.99. The van der Waals surface area contributed by atoms with Crippen LogP contribution >= 0.6 is 0 Å². The minimum atomic E-state index is 0.212. The fourth-order valence-electron chi connectivity index (χ4n) is 5.99. The third kappa shape index (κ3) is 4.52. The van der Waals surface area contributed by atoms with Gasteiger partial charge in [-0.3, -0.25) is 5.41 Å². The Bertz CT molecular complexity index is 2330. The van der Waals surface area contributed by atoms with Crippen LogP contribution in [0.25, 0.3) is 49.4 Å². The lowest BCUT2D eigenvalue weighted by Gasteiger charge is -2.13. The third-order valence-electron chi connectivity index (χ3n) is 8.14. The maximum absolute atomic E-state index is 8.70. The lowest BCUT2D eigenvalue weighted by Crippen LogP contribution is -2.25. The molecule has 0 amide bonds. The first kappa shape index (κ1) is 25.7. The summed E-state index contributed by atoms with van der Waals surface area (Å²) in [6.45, 7) is 0.602. The Labute approximate surface area is 254 Å². The number of nitrogens with zero attached hydrogens (tertiary/aromatic N) is 2. The quantitative estimate of drug-likeness (QED) is 0.161. The molecule has 8 rings (SSSR count). The molecular weight excluding hydrogens is 540 g/mol. The molecule has 5 heteroatoms. The summed E-state index contributed by atoms with van der Waals surface area (Å²) in [7, 11) is 0. The summed E-state index contributed by atoms with van der Waals surface area (Å²) in [4.78, 5) is 4.75. The maximum Gasteiger partial charge on any atom is 0.154 e. The van der Waals surface area contributed by atoms with E-state index in [1.54, 1.807) is 0 Å². The number of amidine groups is 2. The van der Waals surface area contributed by atoms with E-state index in [1.807, 2.05) is 60.7 Å². The van der Waals surface area contributed by atoms with E-state index >= 15 is 0 Å². The summed E-state index contributed by atoms with van der Waals surface area (Å²) in [5.74, 6) is 0.868. The predicted octanol–water partition coefficient (Wildman–Crippen LogP) is 9.25. The molecule has 0 atom stereocenters. The lowest BCUT2D eigenvalue weighted by atomic mass is 10.1. The van der Waals surface area contributed by atoms with Gasteiger partial charge in [0.2, 0.25) is 0 Å². The third-order valence-corrected chi connectivity index (χ3v) is 8.14. The Morgan fingerprint density at radius 1 is 0.591 bits per heavy atom. The van der Waals surface area contributed by atoms with E-state index in [2.05, 4.69) is 94.8 Å². The van der Waals surface area contributed by atoms with Crippen molar-refractivity contribution < 1.29 is 4.42 Å². The molecule has 2 N–H and O–H groups in total. The van der Waals surface area contributed by atoms with Crippen LogP contribution in [-0.2, 0) is 6.54 Å². The minimum absolute atomic E-state index is 0.212. The summed E-state index contributed by atoms with van der Waals surface area (Å²) < 4.78 is 8.55. The second-order valence-electron chi connectivity index (χ2n) is 10.9. The highest BCUT2D eigenvalue weighted by atomic mass is 16.3. The zero-order valence-corrected chi connectivity index (χ0v) is 23.9. The lowest BCUT2D eigenvalue weighted by molar-refractivity contribution is 0.669. The van der Waals surface area contributed by atoms with E-state index < -0.39 is 0 Å². The molecule has 6 aromatic carbocycles. The van der Waals surface area contributed by atoms with E-state index in [0.717, 1.165) is 60.7 Å². The summed E-state index contributed by atoms with van der Waals surface area (Å²) in [6, 6.07) is 49.4. The van der Waals surface area contributed by atoms with Gasteiger partial charge in [0.15, 0.2) is 5.84 Å². The second kappa shape index (κ2) is 10.7. The van der Waals surface area contributed by atoms with E-state index in [0.29, 0.717) is 12.4 Å². The van der Waals surface area contributed by atoms with Crippen molar-refractivity contribution in [2.75, 3.05) is 0 Å². The number of fused-ring (bicyclic) bond motifs is 6. The predicted molar refractivity (Wildman–Crippen MR) is 181 cm³/mol. The molecule has 0 spiro atoms. The average Bonchev–Trinajstić information content (AvgIpc) is 3.61.